The van der Waals surface area contributed by atoms with Gasteiger partial charge in [-0.05, 0) is 31.5 Å². The summed E-state index contributed by atoms with van der Waals surface area (Å²) in [5.41, 5.74) is 7.45. The van der Waals surface area contributed by atoms with Crippen molar-refractivity contribution >= 4 is 11.8 Å². The number of carboxylic acids is 1. The van der Waals surface area contributed by atoms with Crippen LogP contribution in [0, 0.1) is 13.8 Å². The smallest absolute Gasteiger partial charge is 0.335 e. The van der Waals surface area contributed by atoms with Crippen LogP contribution in [0.3, 0.4) is 0 Å². The minimum atomic E-state index is -0.859. The van der Waals surface area contributed by atoms with Crippen LogP contribution < -0.4 is 5.73 Å². The fraction of sp³-hybridized carbons (Fsp3) is 0.167. The molecule has 17 heavy (non-hydrogen) atoms. The number of aromatic carboxylic acids is 1. The molecule has 0 aliphatic carbocycles. The summed E-state index contributed by atoms with van der Waals surface area (Å²) in [5.74, 6) is -0.252. The highest BCUT2D eigenvalue weighted by atomic mass is 16.4. The number of nitrogen functional groups attached to an aromatic ring is 1. The molecule has 1 aromatic carbocycles. The molecule has 4 N–H and O–H groups in total. The summed E-state index contributed by atoms with van der Waals surface area (Å²) < 4.78 is 0. The first-order valence-corrected chi connectivity index (χ1v) is 5.06. The Morgan fingerprint density at radius 3 is 2.41 bits per heavy atom. The third-order valence-corrected chi connectivity index (χ3v) is 2.13. The molecular formula is C12H15N3O2. The number of aromatic amines is 1. The molecule has 0 radical (unpaired) electrons. The Kier molecular flexibility index (Phi) is 4.28. The lowest BCUT2D eigenvalue weighted by Gasteiger charge is -2.00. The van der Waals surface area contributed by atoms with Crippen molar-refractivity contribution < 1.29 is 9.90 Å². The highest BCUT2D eigenvalue weighted by Crippen LogP contribution is 2.09. The molecule has 2 rings (SSSR count). The summed E-state index contributed by atoms with van der Waals surface area (Å²) in [6.45, 7) is 3.75. The number of benzene rings is 1. The molecule has 0 spiro atoms. The quantitative estimate of drug-likeness (QED) is 0.702. The maximum Gasteiger partial charge on any atom is 0.335 e. The second kappa shape index (κ2) is 5.69. The van der Waals surface area contributed by atoms with Crippen LogP contribution in [0.25, 0.3) is 0 Å². The molecule has 0 saturated heterocycles. The number of aryl methyl sites for hydroxylation is 2. The van der Waals surface area contributed by atoms with Gasteiger partial charge in [-0.3, -0.25) is 5.10 Å². The van der Waals surface area contributed by atoms with Crippen molar-refractivity contribution in [3.8, 4) is 0 Å². The molecule has 0 aliphatic rings. The third-order valence-electron chi connectivity index (χ3n) is 2.13. The molecule has 5 nitrogen and oxygen atoms in total. The van der Waals surface area contributed by atoms with Crippen LogP contribution in [0.5, 0.6) is 0 Å². The molecule has 0 unspecified atom stereocenters. The summed E-state index contributed by atoms with van der Waals surface area (Å²) >= 11 is 0. The number of carboxylic acid groups (broad SMARTS) is 1. The first kappa shape index (κ1) is 12.8. The maximum atomic E-state index is 10.5. The first-order chi connectivity index (χ1) is 8.00. The van der Waals surface area contributed by atoms with E-state index in [4.69, 9.17) is 10.8 Å². The molecule has 5 heteroatoms. The Morgan fingerprint density at radius 1 is 1.35 bits per heavy atom. The van der Waals surface area contributed by atoms with E-state index in [2.05, 4.69) is 10.2 Å². The van der Waals surface area contributed by atoms with Gasteiger partial charge in [0.1, 0.15) is 5.82 Å². The second-order valence-electron chi connectivity index (χ2n) is 3.64. The topological polar surface area (TPSA) is 92.0 Å². The van der Waals surface area contributed by atoms with Crippen LogP contribution in [-0.4, -0.2) is 21.3 Å². The van der Waals surface area contributed by atoms with Crippen molar-refractivity contribution in [3.63, 3.8) is 0 Å². The largest absolute Gasteiger partial charge is 0.478 e. The van der Waals surface area contributed by atoms with E-state index in [1.54, 1.807) is 31.3 Å². The van der Waals surface area contributed by atoms with Crippen molar-refractivity contribution in [2.45, 2.75) is 13.8 Å². The molecule has 0 aliphatic heterocycles. The van der Waals surface area contributed by atoms with Gasteiger partial charge in [0, 0.05) is 0 Å². The van der Waals surface area contributed by atoms with Crippen LogP contribution in [-0.2, 0) is 0 Å². The van der Waals surface area contributed by atoms with E-state index in [0.29, 0.717) is 11.4 Å². The van der Waals surface area contributed by atoms with Gasteiger partial charge in [-0.25, -0.2) is 4.79 Å². The summed E-state index contributed by atoms with van der Waals surface area (Å²) in [4.78, 5) is 10.5. The number of nitrogens with zero attached hydrogens (tertiary/aromatic N) is 1. The average Bonchev–Trinajstić information content (AvgIpc) is 2.69. The van der Waals surface area contributed by atoms with Crippen molar-refractivity contribution in [2.75, 3.05) is 5.73 Å². The van der Waals surface area contributed by atoms with E-state index in [-0.39, 0.29) is 0 Å². The molecule has 1 heterocycles. The Labute approximate surface area is 99.3 Å². The highest BCUT2D eigenvalue weighted by Gasteiger charge is 2.04. The zero-order valence-corrected chi connectivity index (χ0v) is 9.77. The number of H-pyrrole nitrogens is 1. The number of nitrogens with one attached hydrogen (secondary N) is 1. The van der Waals surface area contributed by atoms with Crippen LogP contribution in [0.2, 0.25) is 0 Å². The Hall–Kier alpha value is -2.30. The second-order valence-corrected chi connectivity index (χ2v) is 3.64. The zero-order valence-electron chi connectivity index (χ0n) is 9.77. The third kappa shape index (κ3) is 3.98. The number of aromatic nitrogens is 2. The fourth-order valence-corrected chi connectivity index (χ4v) is 1.32. The molecule has 0 saturated carbocycles. The monoisotopic (exact) mass is 233 g/mol. The lowest BCUT2D eigenvalue weighted by atomic mass is 10.1. The van der Waals surface area contributed by atoms with Gasteiger partial charge >= 0.3 is 5.97 Å². The number of anilines is 1. The van der Waals surface area contributed by atoms with Crippen LogP contribution in [0.1, 0.15) is 21.5 Å². The number of hydrogen-bond acceptors (Lipinski definition) is 3. The van der Waals surface area contributed by atoms with Crippen molar-refractivity contribution in [3.05, 3.63) is 47.2 Å². The molecule has 0 atom stereocenters. The average molecular weight is 233 g/mol. The van der Waals surface area contributed by atoms with Crippen molar-refractivity contribution in [1.82, 2.24) is 10.2 Å². The highest BCUT2D eigenvalue weighted by molar-refractivity contribution is 5.89. The minimum absolute atomic E-state index is 0.385. The summed E-state index contributed by atoms with van der Waals surface area (Å²) in [5, 5.41) is 14.8. The lowest BCUT2D eigenvalue weighted by Crippen LogP contribution is -1.99. The maximum absolute atomic E-state index is 10.5. The number of hydrogen-bond donors (Lipinski definition) is 3. The van der Waals surface area contributed by atoms with E-state index in [1.165, 1.54) is 0 Å². The summed E-state index contributed by atoms with van der Waals surface area (Å²) in [6, 6.07) is 6.99. The van der Waals surface area contributed by atoms with Gasteiger partial charge < -0.3 is 10.8 Å². The van der Waals surface area contributed by atoms with Gasteiger partial charge in [-0.1, -0.05) is 17.7 Å². The molecule has 1 aromatic heterocycles. The van der Waals surface area contributed by atoms with Gasteiger partial charge in [0.2, 0.25) is 0 Å². The van der Waals surface area contributed by atoms with Gasteiger partial charge in [0.15, 0.2) is 0 Å². The Balaban J connectivity index is 0.000000202. The van der Waals surface area contributed by atoms with E-state index >= 15 is 0 Å². The molecule has 2 aromatic rings. The van der Waals surface area contributed by atoms with Crippen molar-refractivity contribution in [2.24, 2.45) is 0 Å². The molecule has 0 fully saturated rings. The van der Waals surface area contributed by atoms with Gasteiger partial charge in [0.05, 0.1) is 11.8 Å². The minimum Gasteiger partial charge on any atom is -0.478 e. The van der Waals surface area contributed by atoms with Crippen molar-refractivity contribution in [1.29, 1.82) is 0 Å². The van der Waals surface area contributed by atoms with Gasteiger partial charge in [-0.15, -0.1) is 0 Å². The SMILES string of the molecule is Cc1ccc(C(=O)O)c(C)c1.Nc1ccn[nH]1. The normalized spacial score (nSPS) is 9.29. The fourth-order valence-electron chi connectivity index (χ4n) is 1.32. The van der Waals surface area contributed by atoms with E-state index in [1.807, 2.05) is 13.0 Å². The van der Waals surface area contributed by atoms with E-state index in [0.717, 1.165) is 11.1 Å². The Morgan fingerprint density at radius 2 is 2.06 bits per heavy atom. The first-order valence-electron chi connectivity index (χ1n) is 5.06. The predicted octanol–water partition coefficient (Wildman–Crippen LogP) is 1.99. The summed E-state index contributed by atoms with van der Waals surface area (Å²) in [7, 11) is 0. The van der Waals surface area contributed by atoms with E-state index in [9.17, 15) is 4.79 Å². The number of carbonyl (C=O) groups is 1. The van der Waals surface area contributed by atoms with E-state index < -0.39 is 5.97 Å². The summed E-state index contributed by atoms with van der Waals surface area (Å²) in [6.07, 6.45) is 1.61. The van der Waals surface area contributed by atoms with Gasteiger partial charge in [0.25, 0.3) is 0 Å². The van der Waals surface area contributed by atoms with Crippen LogP contribution >= 0.6 is 0 Å². The zero-order chi connectivity index (χ0) is 12.8. The number of rotatable bonds is 1. The Bertz CT molecular complexity index is 492. The molecular weight excluding hydrogens is 218 g/mol. The van der Waals surface area contributed by atoms with Gasteiger partial charge in [-0.2, -0.15) is 5.10 Å². The number of nitrogens with two attached hydrogens (primary N) is 1. The molecule has 0 bridgehead atoms. The molecule has 90 valence electrons. The predicted molar refractivity (Wildman–Crippen MR) is 65.9 cm³/mol. The van der Waals surface area contributed by atoms with Crippen LogP contribution in [0.15, 0.2) is 30.5 Å². The standard InChI is InChI=1S/C9H10O2.C3H5N3/c1-6-3-4-8(9(10)11)7(2)5-6;4-3-1-2-5-6-3/h3-5H,1-2H3,(H,10,11);1-2H,(H3,4,5,6). The van der Waals surface area contributed by atoms with Crippen LogP contribution in [0.4, 0.5) is 5.82 Å². The lowest BCUT2D eigenvalue weighted by molar-refractivity contribution is 0.0696. The molecule has 0 amide bonds.